The molecular formula is C22H19F3N2O6S. The van der Waals surface area contributed by atoms with Gasteiger partial charge in [-0.05, 0) is 61.0 Å². The van der Waals surface area contributed by atoms with Crippen molar-refractivity contribution >= 4 is 34.7 Å². The number of nitrogens with zero attached hydrogens (tertiary/aromatic N) is 2. The van der Waals surface area contributed by atoms with Gasteiger partial charge >= 0.3 is 11.9 Å². The van der Waals surface area contributed by atoms with E-state index in [9.17, 15) is 32.9 Å². The Hall–Kier alpha value is -3.54. The van der Waals surface area contributed by atoms with Crippen molar-refractivity contribution in [1.29, 1.82) is 0 Å². The van der Waals surface area contributed by atoms with Crippen LogP contribution in [0.2, 0.25) is 0 Å². The normalized spacial score (nSPS) is 15.2. The summed E-state index contributed by atoms with van der Waals surface area (Å²) in [5.41, 5.74) is -1.53. The van der Waals surface area contributed by atoms with Crippen molar-refractivity contribution in [3.8, 4) is 17.2 Å². The van der Waals surface area contributed by atoms with Crippen LogP contribution in [0.15, 0.2) is 41.3 Å². The second-order valence-corrected chi connectivity index (χ2v) is 8.01. The number of nitro benzene ring substituents is 1. The maximum atomic E-state index is 12.9. The highest BCUT2D eigenvalue weighted by atomic mass is 32.2. The van der Waals surface area contributed by atoms with E-state index in [1.54, 1.807) is 6.92 Å². The van der Waals surface area contributed by atoms with E-state index in [2.05, 4.69) is 0 Å². The standard InChI is InChI=1S/C22H19F3N2O6S/c1-3-9-26-20(28)19(34-21(26)29)11-13-5-7-17(18(10-13)32-4-2)33-16-8-6-14(22(23,24)25)12-15(16)27(30)31/h5-8,10-12H,3-4,9H2,1-2H3/b19-11+. The molecule has 0 N–H and O–H groups in total. The lowest BCUT2D eigenvalue weighted by molar-refractivity contribution is -0.385. The number of hydrogen-bond donors (Lipinski definition) is 0. The zero-order valence-corrected chi connectivity index (χ0v) is 18.9. The van der Waals surface area contributed by atoms with E-state index in [0.717, 1.165) is 22.7 Å². The van der Waals surface area contributed by atoms with E-state index in [0.29, 0.717) is 30.7 Å². The number of carbonyl (C=O) groups excluding carboxylic acids is 2. The van der Waals surface area contributed by atoms with Crippen molar-refractivity contribution in [3.63, 3.8) is 0 Å². The highest BCUT2D eigenvalue weighted by Gasteiger charge is 2.35. The second kappa shape index (κ2) is 10.2. The second-order valence-electron chi connectivity index (χ2n) is 7.01. The molecule has 1 saturated heterocycles. The van der Waals surface area contributed by atoms with E-state index < -0.39 is 34.0 Å². The Bertz CT molecular complexity index is 1170. The summed E-state index contributed by atoms with van der Waals surface area (Å²) in [4.78, 5) is 36.2. The van der Waals surface area contributed by atoms with Crippen LogP contribution in [0.5, 0.6) is 17.2 Å². The van der Waals surface area contributed by atoms with Crippen molar-refractivity contribution in [2.45, 2.75) is 26.4 Å². The molecule has 2 amide bonds. The molecule has 1 aliphatic rings. The van der Waals surface area contributed by atoms with Crippen molar-refractivity contribution in [2.75, 3.05) is 13.2 Å². The molecule has 34 heavy (non-hydrogen) atoms. The third-order valence-corrected chi connectivity index (χ3v) is 5.50. The van der Waals surface area contributed by atoms with Crippen molar-refractivity contribution < 1.29 is 37.2 Å². The van der Waals surface area contributed by atoms with Gasteiger partial charge in [-0.25, -0.2) is 0 Å². The first-order valence-corrected chi connectivity index (χ1v) is 10.9. The van der Waals surface area contributed by atoms with Gasteiger partial charge in [0.1, 0.15) is 0 Å². The number of amides is 2. The summed E-state index contributed by atoms with van der Waals surface area (Å²) < 4.78 is 49.9. The van der Waals surface area contributed by atoms with Crippen molar-refractivity contribution in [1.82, 2.24) is 4.90 Å². The SMILES string of the molecule is CCCN1C(=O)S/C(=C/c2ccc(Oc3ccc(C(F)(F)F)cc3[N+](=O)[O-])c(OCC)c2)C1=O. The third-order valence-electron chi connectivity index (χ3n) is 4.59. The van der Waals surface area contributed by atoms with Gasteiger partial charge in [-0.3, -0.25) is 24.6 Å². The maximum Gasteiger partial charge on any atom is 0.416 e. The molecular weight excluding hydrogens is 477 g/mol. The maximum absolute atomic E-state index is 12.9. The summed E-state index contributed by atoms with van der Waals surface area (Å²) in [6.07, 6.45) is -2.62. The van der Waals surface area contributed by atoms with Crippen LogP contribution in [0, 0.1) is 10.1 Å². The highest BCUT2D eigenvalue weighted by molar-refractivity contribution is 8.18. The lowest BCUT2D eigenvalue weighted by atomic mass is 10.1. The van der Waals surface area contributed by atoms with Gasteiger partial charge < -0.3 is 9.47 Å². The van der Waals surface area contributed by atoms with Crippen LogP contribution in [-0.2, 0) is 11.0 Å². The molecule has 0 aliphatic carbocycles. The van der Waals surface area contributed by atoms with Crippen LogP contribution in [0.25, 0.3) is 6.08 Å². The molecule has 2 aromatic carbocycles. The van der Waals surface area contributed by atoms with Crippen LogP contribution in [0.3, 0.4) is 0 Å². The van der Waals surface area contributed by atoms with E-state index in [4.69, 9.17) is 9.47 Å². The average Bonchev–Trinajstić information content (AvgIpc) is 3.02. The molecule has 0 saturated carbocycles. The Morgan fingerprint density at radius 2 is 1.79 bits per heavy atom. The Morgan fingerprint density at radius 3 is 2.41 bits per heavy atom. The molecule has 3 rings (SSSR count). The number of imide groups is 1. The lowest BCUT2D eigenvalue weighted by Gasteiger charge is -2.14. The molecule has 12 heteroatoms. The van der Waals surface area contributed by atoms with Crippen molar-refractivity contribution in [2.24, 2.45) is 0 Å². The minimum absolute atomic E-state index is 0.0287. The van der Waals surface area contributed by atoms with E-state index >= 15 is 0 Å². The van der Waals surface area contributed by atoms with Gasteiger partial charge in [-0.1, -0.05) is 13.0 Å². The zero-order chi connectivity index (χ0) is 25.0. The summed E-state index contributed by atoms with van der Waals surface area (Å²) in [6, 6.07) is 6.40. The molecule has 2 aromatic rings. The van der Waals surface area contributed by atoms with E-state index in [-0.39, 0.29) is 28.3 Å². The Balaban J connectivity index is 1.94. The van der Waals surface area contributed by atoms with Gasteiger partial charge in [0.2, 0.25) is 5.75 Å². The number of hydrogen-bond acceptors (Lipinski definition) is 7. The molecule has 0 spiro atoms. The van der Waals surface area contributed by atoms with Crippen LogP contribution in [0.4, 0.5) is 23.7 Å². The Kier molecular flexibility index (Phi) is 7.50. The molecule has 1 fully saturated rings. The minimum atomic E-state index is -4.75. The van der Waals surface area contributed by atoms with E-state index in [1.807, 2.05) is 6.92 Å². The average molecular weight is 496 g/mol. The summed E-state index contributed by atoms with van der Waals surface area (Å²) in [6.45, 7) is 4.04. The minimum Gasteiger partial charge on any atom is -0.490 e. The predicted octanol–water partition coefficient (Wildman–Crippen LogP) is 6.25. The first-order valence-electron chi connectivity index (χ1n) is 10.1. The monoisotopic (exact) mass is 496 g/mol. The van der Waals surface area contributed by atoms with Crippen LogP contribution in [0.1, 0.15) is 31.4 Å². The first-order chi connectivity index (χ1) is 16.0. The Labute approximate surface area is 196 Å². The first kappa shape index (κ1) is 25.1. The fourth-order valence-electron chi connectivity index (χ4n) is 3.08. The van der Waals surface area contributed by atoms with Crippen molar-refractivity contribution in [3.05, 3.63) is 62.5 Å². The summed E-state index contributed by atoms with van der Waals surface area (Å²) in [5.74, 6) is -0.623. The van der Waals surface area contributed by atoms with Gasteiger partial charge in [-0.2, -0.15) is 13.2 Å². The van der Waals surface area contributed by atoms with Gasteiger partial charge in [0.05, 0.1) is 22.0 Å². The number of alkyl halides is 3. The number of thioether (sulfide) groups is 1. The fourth-order valence-corrected chi connectivity index (χ4v) is 3.94. The predicted molar refractivity (Wildman–Crippen MR) is 119 cm³/mol. The highest BCUT2D eigenvalue weighted by Crippen LogP contribution is 2.41. The number of rotatable bonds is 8. The fraction of sp³-hybridized carbons (Fsp3) is 0.273. The molecule has 1 heterocycles. The topological polar surface area (TPSA) is 99.0 Å². The van der Waals surface area contributed by atoms with Crippen LogP contribution < -0.4 is 9.47 Å². The van der Waals surface area contributed by atoms with E-state index in [1.165, 1.54) is 24.3 Å². The number of carbonyl (C=O) groups is 2. The largest absolute Gasteiger partial charge is 0.490 e. The molecule has 1 aliphatic heterocycles. The lowest BCUT2D eigenvalue weighted by Crippen LogP contribution is -2.28. The summed E-state index contributed by atoms with van der Waals surface area (Å²) in [7, 11) is 0. The van der Waals surface area contributed by atoms with Crippen LogP contribution >= 0.6 is 11.8 Å². The Morgan fingerprint density at radius 1 is 1.09 bits per heavy atom. The summed E-state index contributed by atoms with van der Waals surface area (Å²) >= 11 is 0.811. The third kappa shape index (κ3) is 5.50. The number of ether oxygens (including phenoxy) is 2. The molecule has 0 aromatic heterocycles. The molecule has 8 nitrogen and oxygen atoms in total. The smallest absolute Gasteiger partial charge is 0.416 e. The van der Waals surface area contributed by atoms with Crippen LogP contribution in [-0.4, -0.2) is 34.1 Å². The molecule has 0 unspecified atom stereocenters. The molecule has 180 valence electrons. The molecule has 0 bridgehead atoms. The zero-order valence-electron chi connectivity index (χ0n) is 18.0. The molecule has 0 atom stereocenters. The van der Waals surface area contributed by atoms with Gasteiger partial charge in [0.15, 0.2) is 11.5 Å². The van der Waals surface area contributed by atoms with Gasteiger partial charge in [0.25, 0.3) is 11.1 Å². The van der Waals surface area contributed by atoms with Gasteiger partial charge in [-0.15, -0.1) is 0 Å². The number of benzene rings is 2. The number of halogens is 3. The number of nitro groups is 1. The quantitative estimate of drug-likeness (QED) is 0.242. The molecule has 0 radical (unpaired) electrons. The summed E-state index contributed by atoms with van der Waals surface area (Å²) in [5, 5.41) is 11.0. The van der Waals surface area contributed by atoms with Gasteiger partial charge in [0, 0.05) is 12.6 Å².